The van der Waals surface area contributed by atoms with Gasteiger partial charge in [-0.1, -0.05) is 36.4 Å². The van der Waals surface area contributed by atoms with Gasteiger partial charge >= 0.3 is 126 Å². The van der Waals surface area contributed by atoms with Crippen LogP contribution < -0.4 is 4.40 Å². The Kier molecular flexibility index (Phi) is 11.0. The Labute approximate surface area is 278 Å². The maximum absolute atomic E-state index is 6.04. The Morgan fingerprint density at radius 2 is 1.64 bits per heavy atom. The SMILES string of the molecule is CC(C)Cc1cc(-c2[c-]cccc2)nc[c]1[Ge]([CH3])([CH3])[CH3].Cc1ccc2c(n1)oc1c(-c3cc(C(C)C)ccn3)[c-]ccc12.[Ir]. The van der Waals surface area contributed by atoms with E-state index in [4.69, 9.17) is 9.40 Å². The first kappa shape index (κ1) is 33.8. The van der Waals surface area contributed by atoms with Crippen LogP contribution in [0.3, 0.4) is 0 Å². The van der Waals surface area contributed by atoms with Crippen LogP contribution in [0.4, 0.5) is 0 Å². The minimum absolute atomic E-state index is 0. The third kappa shape index (κ3) is 7.74. The third-order valence-corrected chi connectivity index (χ3v) is 11.9. The van der Waals surface area contributed by atoms with Gasteiger partial charge in [-0.05, 0) is 36.7 Å². The molecule has 0 atom stereocenters. The standard InChI is InChI=1S/C20H17N2O.C18H24GeN.Ir/c1-12(2)14-9-10-21-18(11-14)17-6-4-5-15-16-8-7-13(3)22-20(16)23-19(15)17;1-14(2)11-16-12-18(15-9-7-6-8-10-15)20-13-17(16)19(3,4)5;/h4-5,7-12H,1-3H3;6-9,12-14H,11H2,1-5H3;/q2*-1;. The zero-order valence-corrected chi connectivity index (χ0v) is 31.4. The van der Waals surface area contributed by atoms with Crippen LogP contribution in [0.15, 0.2) is 83.5 Å². The smallest absolute Gasteiger partial charge is 0.216 e. The van der Waals surface area contributed by atoms with E-state index in [1.54, 1.807) is 4.40 Å². The Balaban J connectivity index is 0.000000199. The first-order chi connectivity index (χ1) is 20.5. The Hall–Kier alpha value is -3.12. The van der Waals surface area contributed by atoms with Crippen LogP contribution in [0.2, 0.25) is 17.3 Å². The van der Waals surface area contributed by atoms with Crippen molar-refractivity contribution in [3.05, 3.63) is 108 Å². The number of aromatic nitrogens is 3. The molecule has 6 rings (SSSR count). The molecule has 0 spiro atoms. The van der Waals surface area contributed by atoms with Crippen molar-refractivity contribution in [1.82, 2.24) is 15.0 Å². The number of hydrogen-bond donors (Lipinski definition) is 0. The molecule has 0 saturated heterocycles. The summed E-state index contributed by atoms with van der Waals surface area (Å²) in [4.78, 5) is 13.7. The van der Waals surface area contributed by atoms with E-state index in [1.807, 2.05) is 49.5 Å². The predicted molar refractivity (Wildman–Crippen MR) is 182 cm³/mol. The summed E-state index contributed by atoms with van der Waals surface area (Å²) in [6, 6.07) is 29.1. The first-order valence-corrected chi connectivity index (χ1v) is 22.5. The largest absolute Gasteiger partial charge is 0.486 e. The van der Waals surface area contributed by atoms with Crippen molar-refractivity contribution in [2.75, 3.05) is 0 Å². The first-order valence-electron chi connectivity index (χ1n) is 15.1. The number of benzene rings is 2. The summed E-state index contributed by atoms with van der Waals surface area (Å²) < 4.78 is 7.58. The number of furan rings is 1. The van der Waals surface area contributed by atoms with Crippen molar-refractivity contribution in [3.63, 3.8) is 0 Å². The second kappa shape index (κ2) is 14.3. The molecule has 0 saturated carbocycles. The molecule has 6 heteroatoms. The molecule has 1 radical (unpaired) electrons. The average molecular weight is 821 g/mol. The van der Waals surface area contributed by atoms with Crippen LogP contribution in [-0.4, -0.2) is 28.2 Å². The van der Waals surface area contributed by atoms with Gasteiger partial charge in [-0.3, -0.25) is 0 Å². The van der Waals surface area contributed by atoms with Crippen molar-refractivity contribution in [3.8, 4) is 22.5 Å². The summed E-state index contributed by atoms with van der Waals surface area (Å²) in [6.07, 6.45) is 5.12. The number of hydrogen-bond acceptors (Lipinski definition) is 4. The monoisotopic (exact) mass is 822 g/mol. The molecule has 6 aromatic rings. The second-order valence-corrected chi connectivity index (χ2v) is 23.6. The predicted octanol–water partition coefficient (Wildman–Crippen LogP) is 9.56. The maximum Gasteiger partial charge on any atom is 0.216 e. The minimum atomic E-state index is -1.86. The van der Waals surface area contributed by atoms with Gasteiger partial charge in [-0.25, -0.2) is 4.98 Å². The normalized spacial score (nSPS) is 11.5. The van der Waals surface area contributed by atoms with Crippen molar-refractivity contribution >= 4 is 39.7 Å². The number of pyridine rings is 3. The van der Waals surface area contributed by atoms with E-state index >= 15 is 0 Å². The minimum Gasteiger partial charge on any atom is -0.486 e. The molecule has 44 heavy (non-hydrogen) atoms. The summed E-state index contributed by atoms with van der Waals surface area (Å²) in [5.41, 5.74) is 9.08. The quantitative estimate of drug-likeness (QED) is 0.124. The van der Waals surface area contributed by atoms with E-state index in [0.29, 0.717) is 17.5 Å². The number of fused-ring (bicyclic) bond motifs is 3. The topological polar surface area (TPSA) is 51.8 Å². The molecule has 0 N–H and O–H groups in total. The molecule has 4 nitrogen and oxygen atoms in total. The van der Waals surface area contributed by atoms with E-state index in [1.165, 1.54) is 11.1 Å². The fourth-order valence-electron chi connectivity index (χ4n) is 5.33. The van der Waals surface area contributed by atoms with Gasteiger partial charge in [-0.15, -0.1) is 18.2 Å². The summed E-state index contributed by atoms with van der Waals surface area (Å²) >= 11 is -1.86. The summed E-state index contributed by atoms with van der Waals surface area (Å²) in [5, 5.41) is 2.08. The second-order valence-electron chi connectivity index (χ2n) is 13.0. The Morgan fingerprint density at radius 3 is 2.32 bits per heavy atom. The van der Waals surface area contributed by atoms with Gasteiger partial charge in [0.05, 0.1) is 5.58 Å². The molecule has 0 fully saturated rings. The van der Waals surface area contributed by atoms with E-state index in [-0.39, 0.29) is 20.1 Å². The van der Waals surface area contributed by atoms with Crippen molar-refractivity contribution < 1.29 is 24.5 Å². The Morgan fingerprint density at radius 1 is 0.841 bits per heavy atom. The van der Waals surface area contributed by atoms with E-state index in [0.717, 1.165) is 51.0 Å². The molecule has 0 unspecified atom stereocenters. The van der Waals surface area contributed by atoms with Gasteiger partial charge in [-0.2, -0.15) is 0 Å². The van der Waals surface area contributed by atoms with Gasteiger partial charge in [0.1, 0.15) is 0 Å². The van der Waals surface area contributed by atoms with Gasteiger partial charge < -0.3 is 9.40 Å². The zero-order chi connectivity index (χ0) is 30.7. The number of rotatable bonds is 6. The zero-order valence-electron chi connectivity index (χ0n) is 27.0. The molecule has 2 aromatic carbocycles. The third-order valence-electron chi connectivity index (χ3n) is 7.56. The molecular formula is C38H41GeIrN3O-2. The molecular weight excluding hydrogens is 779 g/mol. The molecule has 4 heterocycles. The van der Waals surface area contributed by atoms with Gasteiger partial charge in [0.2, 0.25) is 5.71 Å². The molecule has 0 aliphatic carbocycles. The van der Waals surface area contributed by atoms with Crippen molar-refractivity contribution in [2.24, 2.45) is 5.92 Å². The molecule has 0 amide bonds. The van der Waals surface area contributed by atoms with Crippen LogP contribution in [0.25, 0.3) is 44.6 Å². The van der Waals surface area contributed by atoms with E-state index in [2.05, 4.69) is 104 Å². The van der Waals surface area contributed by atoms with Crippen molar-refractivity contribution in [1.29, 1.82) is 0 Å². The van der Waals surface area contributed by atoms with Gasteiger partial charge in [0.25, 0.3) is 0 Å². The fraction of sp³-hybridized carbons (Fsp3) is 0.289. The summed E-state index contributed by atoms with van der Waals surface area (Å²) in [6.45, 7) is 10.9. The van der Waals surface area contributed by atoms with Gasteiger partial charge in [0.15, 0.2) is 0 Å². The number of aryl methyl sites for hydroxylation is 1. The van der Waals surface area contributed by atoms with Crippen LogP contribution in [-0.2, 0) is 26.5 Å². The van der Waals surface area contributed by atoms with Crippen LogP contribution in [0.5, 0.6) is 0 Å². The fourth-order valence-corrected chi connectivity index (χ4v) is 8.66. The molecule has 229 valence electrons. The molecule has 4 aromatic heterocycles. The van der Waals surface area contributed by atoms with Crippen molar-refractivity contribution in [2.45, 2.75) is 64.2 Å². The average Bonchev–Trinajstić information content (AvgIpc) is 3.35. The Bertz CT molecular complexity index is 1860. The summed E-state index contributed by atoms with van der Waals surface area (Å²) in [7, 11) is 0. The van der Waals surface area contributed by atoms with Crippen LogP contribution in [0.1, 0.15) is 50.4 Å². The molecule has 0 aliphatic heterocycles. The van der Waals surface area contributed by atoms with Crippen LogP contribution >= 0.6 is 0 Å². The van der Waals surface area contributed by atoms with E-state index < -0.39 is 13.3 Å². The maximum atomic E-state index is 6.04. The van der Waals surface area contributed by atoms with E-state index in [9.17, 15) is 0 Å². The molecule has 0 aliphatic rings. The van der Waals surface area contributed by atoms with Gasteiger partial charge in [0, 0.05) is 37.4 Å². The van der Waals surface area contributed by atoms with Crippen LogP contribution in [0, 0.1) is 25.0 Å². The molecule has 0 bridgehead atoms. The number of nitrogens with zero attached hydrogens (tertiary/aromatic N) is 3. The summed E-state index contributed by atoms with van der Waals surface area (Å²) in [5.74, 6) is 8.45.